The number of halogens is 1. The van der Waals surface area contributed by atoms with Crippen molar-refractivity contribution >= 4 is 51.4 Å². The number of rotatable bonds is 6. The van der Waals surface area contributed by atoms with Crippen LogP contribution in [-0.2, 0) is 4.79 Å². The molecule has 2 heterocycles. The first-order valence-corrected chi connectivity index (χ1v) is 12.3. The molecule has 1 aliphatic rings. The van der Waals surface area contributed by atoms with E-state index in [1.807, 2.05) is 60.7 Å². The predicted octanol–water partition coefficient (Wildman–Crippen LogP) is 6.26. The minimum Gasteiger partial charge on any atom is -0.411 e. The lowest BCUT2D eigenvalue weighted by atomic mass is 10.0. The summed E-state index contributed by atoms with van der Waals surface area (Å²) in [5.41, 5.74) is 2.51. The highest BCUT2D eigenvalue weighted by molar-refractivity contribution is 7.99. The van der Waals surface area contributed by atoms with Crippen LogP contribution < -0.4 is 10.2 Å². The van der Waals surface area contributed by atoms with Gasteiger partial charge in [-0.1, -0.05) is 65.8 Å². The standard InChI is InChI=1S/C25H23ClN4O2S/c26-20-12-7-13-21(23(20)30-14-4-1-5-15-30)27-22(31)16-33-25-29-28-24(32-25)19-11-6-9-17-8-2-3-10-18(17)19/h2-3,6-13H,1,4-5,14-16H2,(H,27,31). The Labute approximate surface area is 201 Å². The van der Waals surface area contributed by atoms with Crippen LogP contribution in [0.15, 0.2) is 70.3 Å². The second-order valence-corrected chi connectivity index (χ2v) is 9.25. The van der Waals surface area contributed by atoms with Gasteiger partial charge in [0.05, 0.1) is 22.2 Å². The molecule has 1 N–H and O–H groups in total. The van der Waals surface area contributed by atoms with Crippen LogP contribution in [0, 0.1) is 0 Å². The Hall–Kier alpha value is -3.03. The number of carbonyl (C=O) groups is 1. The molecule has 33 heavy (non-hydrogen) atoms. The maximum Gasteiger partial charge on any atom is 0.277 e. The van der Waals surface area contributed by atoms with E-state index in [4.69, 9.17) is 16.0 Å². The molecule has 8 heteroatoms. The van der Waals surface area contributed by atoms with Gasteiger partial charge in [0, 0.05) is 18.7 Å². The van der Waals surface area contributed by atoms with Crippen LogP contribution in [0.1, 0.15) is 19.3 Å². The molecule has 0 radical (unpaired) electrons. The summed E-state index contributed by atoms with van der Waals surface area (Å²) >= 11 is 7.71. The van der Waals surface area contributed by atoms with E-state index < -0.39 is 0 Å². The number of thioether (sulfide) groups is 1. The zero-order valence-electron chi connectivity index (χ0n) is 18.0. The van der Waals surface area contributed by atoms with Gasteiger partial charge in [-0.3, -0.25) is 4.79 Å². The first-order chi connectivity index (χ1) is 16.2. The Bertz CT molecular complexity index is 1280. The number of hydrogen-bond acceptors (Lipinski definition) is 6. The SMILES string of the molecule is O=C(CSc1nnc(-c2cccc3ccccc23)o1)Nc1cccc(Cl)c1N1CCCCC1. The van der Waals surface area contributed by atoms with E-state index in [9.17, 15) is 4.79 Å². The lowest BCUT2D eigenvalue weighted by Gasteiger charge is -2.31. The average Bonchev–Trinajstić information content (AvgIpc) is 3.32. The van der Waals surface area contributed by atoms with Crippen molar-refractivity contribution in [2.24, 2.45) is 0 Å². The van der Waals surface area contributed by atoms with E-state index in [-0.39, 0.29) is 11.7 Å². The van der Waals surface area contributed by atoms with Crippen molar-refractivity contribution in [2.75, 3.05) is 29.1 Å². The Morgan fingerprint density at radius 3 is 2.67 bits per heavy atom. The molecule has 3 aromatic carbocycles. The van der Waals surface area contributed by atoms with E-state index in [0.29, 0.717) is 16.1 Å². The van der Waals surface area contributed by atoms with Gasteiger partial charge in [-0.05, 0) is 48.2 Å². The molecule has 1 saturated heterocycles. The summed E-state index contributed by atoms with van der Waals surface area (Å²) in [7, 11) is 0. The first-order valence-electron chi connectivity index (χ1n) is 11.0. The van der Waals surface area contributed by atoms with Crippen LogP contribution in [0.3, 0.4) is 0 Å². The summed E-state index contributed by atoms with van der Waals surface area (Å²) in [6, 6.07) is 19.6. The Balaban J connectivity index is 1.27. The van der Waals surface area contributed by atoms with Gasteiger partial charge >= 0.3 is 0 Å². The van der Waals surface area contributed by atoms with Crippen LogP contribution in [0.25, 0.3) is 22.2 Å². The van der Waals surface area contributed by atoms with Crippen molar-refractivity contribution in [1.82, 2.24) is 10.2 Å². The van der Waals surface area contributed by atoms with Gasteiger partial charge in [-0.15, -0.1) is 10.2 Å². The fourth-order valence-corrected chi connectivity index (χ4v) is 5.01. The maximum absolute atomic E-state index is 12.7. The highest BCUT2D eigenvalue weighted by Gasteiger charge is 2.19. The zero-order chi connectivity index (χ0) is 22.6. The molecule has 6 nitrogen and oxygen atoms in total. The molecule has 0 spiro atoms. The van der Waals surface area contributed by atoms with Crippen LogP contribution >= 0.6 is 23.4 Å². The number of nitrogens with zero attached hydrogens (tertiary/aromatic N) is 3. The lowest BCUT2D eigenvalue weighted by Crippen LogP contribution is -2.30. The Morgan fingerprint density at radius 2 is 1.79 bits per heavy atom. The van der Waals surface area contributed by atoms with Gasteiger partial charge < -0.3 is 14.6 Å². The quantitative estimate of drug-likeness (QED) is 0.329. The molecule has 1 fully saturated rings. The smallest absolute Gasteiger partial charge is 0.277 e. The monoisotopic (exact) mass is 478 g/mol. The van der Waals surface area contributed by atoms with Gasteiger partial charge in [0.25, 0.3) is 5.22 Å². The second kappa shape index (κ2) is 9.85. The molecule has 0 bridgehead atoms. The van der Waals surface area contributed by atoms with Crippen LogP contribution in [0.5, 0.6) is 0 Å². The molecule has 0 atom stereocenters. The number of hydrogen-bond donors (Lipinski definition) is 1. The molecule has 168 valence electrons. The number of benzene rings is 3. The molecular weight excluding hydrogens is 456 g/mol. The van der Waals surface area contributed by atoms with Crippen LogP contribution in [0.4, 0.5) is 11.4 Å². The Kier molecular flexibility index (Phi) is 6.51. The van der Waals surface area contributed by atoms with Crippen molar-refractivity contribution in [3.8, 4) is 11.5 Å². The maximum atomic E-state index is 12.7. The van der Waals surface area contributed by atoms with E-state index in [0.717, 1.165) is 53.6 Å². The topological polar surface area (TPSA) is 71.3 Å². The van der Waals surface area contributed by atoms with Crippen LogP contribution in [0.2, 0.25) is 5.02 Å². The fraction of sp³-hybridized carbons (Fsp3) is 0.240. The molecule has 4 aromatic rings. The second-order valence-electron chi connectivity index (χ2n) is 7.92. The molecular formula is C25H23ClN4O2S. The summed E-state index contributed by atoms with van der Waals surface area (Å²) in [5, 5.41) is 14.5. The fourth-order valence-electron chi connectivity index (χ4n) is 4.16. The molecule has 0 saturated carbocycles. The van der Waals surface area contributed by atoms with Crippen molar-refractivity contribution in [3.05, 3.63) is 65.7 Å². The third-order valence-electron chi connectivity index (χ3n) is 5.69. The zero-order valence-corrected chi connectivity index (χ0v) is 19.5. The third kappa shape index (κ3) is 4.84. The number of carbonyl (C=O) groups excluding carboxylic acids is 1. The van der Waals surface area contributed by atoms with Crippen molar-refractivity contribution in [2.45, 2.75) is 24.5 Å². The van der Waals surface area contributed by atoms with Gasteiger partial charge in [-0.25, -0.2) is 0 Å². The lowest BCUT2D eigenvalue weighted by molar-refractivity contribution is -0.113. The molecule has 1 amide bonds. The van der Waals surface area contributed by atoms with Gasteiger partial charge in [-0.2, -0.15) is 0 Å². The summed E-state index contributed by atoms with van der Waals surface area (Å²) in [5.74, 6) is 0.450. The van der Waals surface area contributed by atoms with Gasteiger partial charge in [0.2, 0.25) is 11.8 Å². The van der Waals surface area contributed by atoms with Gasteiger partial charge in [0.1, 0.15) is 0 Å². The van der Waals surface area contributed by atoms with Gasteiger partial charge in [0.15, 0.2) is 0 Å². The van der Waals surface area contributed by atoms with Crippen molar-refractivity contribution in [1.29, 1.82) is 0 Å². The summed E-state index contributed by atoms with van der Waals surface area (Å²) in [6.07, 6.45) is 3.49. The summed E-state index contributed by atoms with van der Waals surface area (Å²) in [4.78, 5) is 15.0. The minimum atomic E-state index is -0.148. The van der Waals surface area contributed by atoms with E-state index in [1.165, 1.54) is 18.2 Å². The van der Waals surface area contributed by atoms with E-state index in [2.05, 4.69) is 20.4 Å². The van der Waals surface area contributed by atoms with Crippen LogP contribution in [-0.4, -0.2) is 34.9 Å². The number of aromatic nitrogens is 2. The molecule has 0 aliphatic carbocycles. The highest BCUT2D eigenvalue weighted by atomic mass is 35.5. The predicted molar refractivity (Wildman–Crippen MR) is 134 cm³/mol. The molecule has 0 unspecified atom stereocenters. The highest BCUT2D eigenvalue weighted by Crippen LogP contribution is 2.36. The first kappa shape index (κ1) is 21.8. The largest absolute Gasteiger partial charge is 0.411 e. The summed E-state index contributed by atoms with van der Waals surface area (Å²) < 4.78 is 5.85. The van der Waals surface area contributed by atoms with Crippen molar-refractivity contribution in [3.63, 3.8) is 0 Å². The average molecular weight is 479 g/mol. The van der Waals surface area contributed by atoms with Crippen molar-refractivity contribution < 1.29 is 9.21 Å². The number of piperidine rings is 1. The number of anilines is 2. The number of amides is 1. The molecule has 1 aliphatic heterocycles. The third-order valence-corrected chi connectivity index (χ3v) is 6.81. The number of nitrogens with one attached hydrogen (secondary N) is 1. The molecule has 5 rings (SSSR count). The minimum absolute atomic E-state index is 0.148. The van der Waals surface area contributed by atoms with E-state index >= 15 is 0 Å². The number of fused-ring (bicyclic) bond motifs is 1. The summed E-state index contributed by atoms with van der Waals surface area (Å²) in [6.45, 7) is 1.89. The van der Waals surface area contributed by atoms with E-state index in [1.54, 1.807) is 0 Å². The molecule has 1 aromatic heterocycles. The number of para-hydroxylation sites is 1. The normalized spacial score (nSPS) is 13.9. The Morgan fingerprint density at radius 1 is 1.00 bits per heavy atom.